The number of aryl methyl sites for hydroxylation is 1. The molecule has 5 heteroatoms. The SMILES string of the molecule is CN1C(=O)CCOc2ccc(C(=O)N3CCCc4ccccc43)cc21. The lowest BCUT2D eigenvalue weighted by Crippen LogP contribution is -2.35. The Labute approximate surface area is 146 Å². The summed E-state index contributed by atoms with van der Waals surface area (Å²) >= 11 is 0. The fraction of sp³-hybridized carbons (Fsp3) is 0.300. The van der Waals surface area contributed by atoms with Crippen LogP contribution in [0.1, 0.15) is 28.8 Å². The summed E-state index contributed by atoms with van der Waals surface area (Å²) in [5.74, 6) is 0.593. The van der Waals surface area contributed by atoms with E-state index in [-0.39, 0.29) is 11.8 Å². The number of para-hydroxylation sites is 1. The Balaban J connectivity index is 1.70. The van der Waals surface area contributed by atoms with E-state index in [0.717, 1.165) is 18.5 Å². The van der Waals surface area contributed by atoms with Crippen molar-refractivity contribution < 1.29 is 14.3 Å². The Hall–Kier alpha value is -2.82. The van der Waals surface area contributed by atoms with Gasteiger partial charge in [0.2, 0.25) is 5.91 Å². The van der Waals surface area contributed by atoms with Crippen molar-refractivity contribution in [3.63, 3.8) is 0 Å². The van der Waals surface area contributed by atoms with Crippen LogP contribution in [0.25, 0.3) is 0 Å². The molecule has 0 radical (unpaired) electrons. The fourth-order valence-corrected chi connectivity index (χ4v) is 3.49. The van der Waals surface area contributed by atoms with Crippen LogP contribution in [-0.2, 0) is 11.2 Å². The number of ether oxygens (including phenoxy) is 1. The second-order valence-corrected chi connectivity index (χ2v) is 6.42. The second-order valence-electron chi connectivity index (χ2n) is 6.42. The molecule has 5 nitrogen and oxygen atoms in total. The van der Waals surface area contributed by atoms with Gasteiger partial charge in [0.05, 0.1) is 18.7 Å². The number of benzene rings is 2. The summed E-state index contributed by atoms with van der Waals surface area (Å²) in [6, 6.07) is 13.4. The number of hydrogen-bond acceptors (Lipinski definition) is 3. The Morgan fingerprint density at radius 3 is 2.80 bits per heavy atom. The first-order valence-electron chi connectivity index (χ1n) is 8.58. The molecule has 2 aromatic rings. The molecule has 0 saturated heterocycles. The Kier molecular flexibility index (Phi) is 3.92. The second kappa shape index (κ2) is 6.24. The Bertz CT molecular complexity index is 847. The van der Waals surface area contributed by atoms with E-state index in [1.165, 1.54) is 5.56 Å². The van der Waals surface area contributed by atoms with E-state index in [9.17, 15) is 9.59 Å². The van der Waals surface area contributed by atoms with Crippen molar-refractivity contribution in [3.8, 4) is 5.75 Å². The number of hydrogen-bond donors (Lipinski definition) is 0. The number of fused-ring (bicyclic) bond motifs is 2. The molecule has 2 heterocycles. The third-order valence-corrected chi connectivity index (χ3v) is 4.87. The first-order valence-corrected chi connectivity index (χ1v) is 8.58. The highest BCUT2D eigenvalue weighted by Crippen LogP contribution is 2.33. The van der Waals surface area contributed by atoms with Crippen LogP contribution in [0.15, 0.2) is 42.5 Å². The summed E-state index contributed by atoms with van der Waals surface area (Å²) in [5.41, 5.74) is 3.40. The standard InChI is InChI=1S/C20H20N2O3/c1-21-17-13-15(8-9-18(17)25-12-10-19(21)23)20(24)22-11-4-6-14-5-2-3-7-16(14)22/h2-3,5,7-9,13H,4,6,10-12H2,1H3. The molecular formula is C20H20N2O3. The highest BCUT2D eigenvalue weighted by Gasteiger charge is 2.26. The predicted octanol–water partition coefficient (Wildman–Crippen LogP) is 3.02. The normalized spacial score (nSPS) is 16.6. The average Bonchev–Trinajstić information content (AvgIpc) is 2.79. The van der Waals surface area contributed by atoms with Gasteiger partial charge < -0.3 is 14.5 Å². The summed E-state index contributed by atoms with van der Waals surface area (Å²) in [7, 11) is 1.72. The van der Waals surface area contributed by atoms with E-state index >= 15 is 0 Å². The minimum atomic E-state index is -0.0416. The van der Waals surface area contributed by atoms with Gasteiger partial charge in [0.15, 0.2) is 0 Å². The Morgan fingerprint density at radius 1 is 1.08 bits per heavy atom. The lowest BCUT2D eigenvalue weighted by Gasteiger charge is -2.30. The van der Waals surface area contributed by atoms with Gasteiger partial charge in [-0.05, 0) is 42.7 Å². The van der Waals surface area contributed by atoms with Crippen molar-refractivity contribution in [3.05, 3.63) is 53.6 Å². The number of carbonyl (C=O) groups excluding carboxylic acids is 2. The zero-order valence-corrected chi connectivity index (χ0v) is 14.2. The van der Waals surface area contributed by atoms with Crippen LogP contribution in [0, 0.1) is 0 Å². The van der Waals surface area contributed by atoms with Crippen molar-refractivity contribution in [1.29, 1.82) is 0 Å². The van der Waals surface area contributed by atoms with Crippen molar-refractivity contribution in [2.75, 3.05) is 30.0 Å². The van der Waals surface area contributed by atoms with E-state index in [4.69, 9.17) is 4.74 Å². The van der Waals surface area contributed by atoms with Crippen LogP contribution >= 0.6 is 0 Å². The summed E-state index contributed by atoms with van der Waals surface area (Å²) < 4.78 is 5.64. The average molecular weight is 336 g/mol. The lowest BCUT2D eigenvalue weighted by atomic mass is 10.0. The molecule has 0 saturated carbocycles. The smallest absolute Gasteiger partial charge is 0.258 e. The van der Waals surface area contributed by atoms with Crippen LogP contribution < -0.4 is 14.5 Å². The van der Waals surface area contributed by atoms with Gasteiger partial charge in [-0.3, -0.25) is 9.59 Å². The third kappa shape index (κ3) is 2.76. The van der Waals surface area contributed by atoms with Crippen molar-refractivity contribution >= 4 is 23.2 Å². The first kappa shape index (κ1) is 15.7. The molecule has 0 aromatic heterocycles. The van der Waals surface area contributed by atoms with Crippen molar-refractivity contribution in [2.45, 2.75) is 19.3 Å². The van der Waals surface area contributed by atoms with Gasteiger partial charge in [-0.1, -0.05) is 18.2 Å². The lowest BCUT2D eigenvalue weighted by molar-refractivity contribution is -0.118. The molecule has 0 aliphatic carbocycles. The maximum atomic E-state index is 13.1. The van der Waals surface area contributed by atoms with Gasteiger partial charge in [0.1, 0.15) is 5.75 Å². The summed E-state index contributed by atoms with van der Waals surface area (Å²) in [6.07, 6.45) is 2.29. The zero-order chi connectivity index (χ0) is 17.4. The molecule has 0 N–H and O–H groups in total. The Morgan fingerprint density at radius 2 is 1.92 bits per heavy atom. The van der Waals surface area contributed by atoms with E-state index in [1.807, 2.05) is 23.1 Å². The highest BCUT2D eigenvalue weighted by atomic mass is 16.5. The summed E-state index contributed by atoms with van der Waals surface area (Å²) in [5, 5.41) is 0. The molecule has 2 aliphatic rings. The van der Waals surface area contributed by atoms with Crippen LogP contribution in [0.4, 0.5) is 11.4 Å². The quantitative estimate of drug-likeness (QED) is 0.804. The van der Waals surface area contributed by atoms with E-state index in [0.29, 0.717) is 36.6 Å². The number of carbonyl (C=O) groups is 2. The first-order chi connectivity index (χ1) is 12.1. The largest absolute Gasteiger partial charge is 0.491 e. The molecule has 128 valence electrons. The topological polar surface area (TPSA) is 49.9 Å². The van der Waals surface area contributed by atoms with E-state index in [2.05, 4.69) is 6.07 Å². The van der Waals surface area contributed by atoms with Gasteiger partial charge in [0.25, 0.3) is 5.91 Å². The summed E-state index contributed by atoms with van der Waals surface area (Å²) in [4.78, 5) is 28.6. The van der Waals surface area contributed by atoms with Gasteiger partial charge in [-0.2, -0.15) is 0 Å². The fourth-order valence-electron chi connectivity index (χ4n) is 3.49. The minimum Gasteiger partial charge on any atom is -0.491 e. The molecule has 0 bridgehead atoms. The van der Waals surface area contributed by atoms with Crippen LogP contribution in [0.5, 0.6) is 5.75 Å². The van der Waals surface area contributed by atoms with Crippen LogP contribution in [0.3, 0.4) is 0 Å². The number of nitrogens with zero attached hydrogens (tertiary/aromatic N) is 2. The van der Waals surface area contributed by atoms with E-state index in [1.54, 1.807) is 30.1 Å². The summed E-state index contributed by atoms with van der Waals surface area (Å²) in [6.45, 7) is 1.07. The molecule has 25 heavy (non-hydrogen) atoms. The minimum absolute atomic E-state index is 0.00772. The molecule has 0 atom stereocenters. The molecule has 0 fully saturated rings. The molecule has 0 spiro atoms. The number of anilines is 2. The highest BCUT2D eigenvalue weighted by molar-refractivity contribution is 6.08. The van der Waals surface area contributed by atoms with Crippen LogP contribution in [-0.4, -0.2) is 32.0 Å². The molecule has 4 rings (SSSR count). The predicted molar refractivity (Wildman–Crippen MR) is 96.4 cm³/mol. The molecule has 2 aromatic carbocycles. The molecule has 2 amide bonds. The monoisotopic (exact) mass is 336 g/mol. The number of rotatable bonds is 1. The van der Waals surface area contributed by atoms with Gasteiger partial charge in [-0.25, -0.2) is 0 Å². The van der Waals surface area contributed by atoms with Crippen molar-refractivity contribution in [1.82, 2.24) is 0 Å². The zero-order valence-electron chi connectivity index (χ0n) is 14.2. The number of amides is 2. The maximum absolute atomic E-state index is 13.1. The molecular weight excluding hydrogens is 316 g/mol. The van der Waals surface area contributed by atoms with Crippen LogP contribution in [0.2, 0.25) is 0 Å². The maximum Gasteiger partial charge on any atom is 0.258 e. The van der Waals surface area contributed by atoms with Gasteiger partial charge in [0, 0.05) is 24.8 Å². The third-order valence-electron chi connectivity index (χ3n) is 4.87. The molecule has 0 unspecified atom stereocenters. The molecule has 2 aliphatic heterocycles. The van der Waals surface area contributed by atoms with Crippen molar-refractivity contribution in [2.24, 2.45) is 0 Å². The van der Waals surface area contributed by atoms with E-state index < -0.39 is 0 Å². The van der Waals surface area contributed by atoms with Gasteiger partial charge in [-0.15, -0.1) is 0 Å². The van der Waals surface area contributed by atoms with Gasteiger partial charge >= 0.3 is 0 Å².